The zero-order valence-electron chi connectivity index (χ0n) is 10.6. The number of nitrogens with zero attached hydrogens (tertiary/aromatic N) is 3. The number of H-pyrrole nitrogens is 1. The number of aromatic amines is 1. The van der Waals surface area contributed by atoms with E-state index in [2.05, 4.69) is 20.2 Å². The molecule has 0 aliphatic rings. The number of amides is 1. The minimum Gasteiger partial charge on any atom is -0.493 e. The zero-order chi connectivity index (χ0) is 14.8. The maximum absolute atomic E-state index is 13.2. The van der Waals surface area contributed by atoms with Crippen molar-refractivity contribution in [2.45, 2.75) is 0 Å². The summed E-state index contributed by atoms with van der Waals surface area (Å²) >= 11 is 0. The Hall–Kier alpha value is -3.09. The second kappa shape index (κ2) is 5.12. The van der Waals surface area contributed by atoms with Gasteiger partial charge >= 0.3 is 0 Å². The summed E-state index contributed by atoms with van der Waals surface area (Å²) in [5, 5.41) is 17.3. The van der Waals surface area contributed by atoms with Gasteiger partial charge in [-0.3, -0.25) is 9.78 Å². The van der Waals surface area contributed by atoms with Gasteiger partial charge in [0.15, 0.2) is 5.69 Å². The summed E-state index contributed by atoms with van der Waals surface area (Å²) in [7, 11) is 0. The van der Waals surface area contributed by atoms with E-state index < -0.39 is 11.7 Å². The molecule has 104 valence electrons. The van der Waals surface area contributed by atoms with Gasteiger partial charge in [-0.05, 0) is 30.3 Å². The number of rotatable bonds is 2. The minimum absolute atomic E-state index is 0.0155. The Morgan fingerprint density at radius 1 is 1.33 bits per heavy atom. The van der Waals surface area contributed by atoms with Gasteiger partial charge in [-0.2, -0.15) is 0 Å². The summed E-state index contributed by atoms with van der Waals surface area (Å²) in [6, 6.07) is 7.06. The highest BCUT2D eigenvalue weighted by atomic mass is 19.1. The lowest BCUT2D eigenvalue weighted by atomic mass is 10.2. The quantitative estimate of drug-likeness (QED) is 0.707. The van der Waals surface area contributed by atoms with Crippen molar-refractivity contribution in [3.63, 3.8) is 0 Å². The Balaban J connectivity index is 1.98. The average Bonchev–Trinajstić information content (AvgIpc) is 2.80. The van der Waals surface area contributed by atoms with Crippen molar-refractivity contribution in [2.24, 2.45) is 10.2 Å². The number of nitrogens with one attached hydrogen (secondary N) is 1. The Bertz CT molecular complexity index is 843. The maximum Gasteiger partial charge on any atom is 0.296 e. The first-order chi connectivity index (χ1) is 10.1. The lowest BCUT2D eigenvalue weighted by Gasteiger charge is -1.93. The molecule has 2 N–H and O–H groups in total. The van der Waals surface area contributed by atoms with Crippen LogP contribution in [0, 0.1) is 5.82 Å². The van der Waals surface area contributed by atoms with Crippen LogP contribution in [0.25, 0.3) is 10.9 Å². The van der Waals surface area contributed by atoms with E-state index in [4.69, 9.17) is 0 Å². The van der Waals surface area contributed by atoms with Crippen LogP contribution in [0.4, 0.5) is 10.1 Å². The summed E-state index contributed by atoms with van der Waals surface area (Å²) in [6.07, 6.45) is 2.89. The molecule has 0 saturated heterocycles. The number of halogens is 1. The van der Waals surface area contributed by atoms with Crippen LogP contribution < -0.4 is 0 Å². The van der Waals surface area contributed by atoms with Crippen LogP contribution in [-0.2, 0) is 0 Å². The number of fused-ring (bicyclic) bond motifs is 1. The van der Waals surface area contributed by atoms with Crippen LogP contribution in [-0.4, -0.2) is 21.0 Å². The highest BCUT2D eigenvalue weighted by Gasteiger charge is 2.12. The SMILES string of the molecule is O=C(N=Nc1c(O)[nH]c2ccc(F)cc12)c1cccnc1. The molecule has 0 spiro atoms. The van der Waals surface area contributed by atoms with E-state index in [9.17, 15) is 14.3 Å². The molecule has 0 bridgehead atoms. The Kier molecular flexibility index (Phi) is 3.15. The molecule has 0 unspecified atom stereocenters. The summed E-state index contributed by atoms with van der Waals surface area (Å²) in [4.78, 5) is 18.2. The predicted octanol–water partition coefficient (Wildman–Crippen LogP) is 3.33. The van der Waals surface area contributed by atoms with Gasteiger partial charge in [-0.25, -0.2) is 4.39 Å². The van der Waals surface area contributed by atoms with E-state index in [1.807, 2.05) is 0 Å². The van der Waals surface area contributed by atoms with Crippen LogP contribution >= 0.6 is 0 Å². The van der Waals surface area contributed by atoms with Gasteiger partial charge < -0.3 is 10.1 Å². The van der Waals surface area contributed by atoms with Crippen molar-refractivity contribution in [1.82, 2.24) is 9.97 Å². The Labute approximate surface area is 118 Å². The number of benzene rings is 1. The topological polar surface area (TPSA) is 90.7 Å². The molecular formula is C14H9FN4O2. The normalized spacial score (nSPS) is 11.3. The number of carbonyl (C=O) groups excluding carboxylic acids is 1. The van der Waals surface area contributed by atoms with Crippen LogP contribution in [0.15, 0.2) is 53.0 Å². The molecule has 3 rings (SSSR count). The first kappa shape index (κ1) is 12.9. The first-order valence-corrected chi connectivity index (χ1v) is 6.01. The number of azo groups is 1. The molecule has 1 amide bonds. The fourth-order valence-corrected chi connectivity index (χ4v) is 1.88. The number of aromatic nitrogens is 2. The van der Waals surface area contributed by atoms with Gasteiger partial charge in [-0.15, -0.1) is 10.2 Å². The third-order valence-electron chi connectivity index (χ3n) is 2.86. The molecule has 0 aliphatic heterocycles. The van der Waals surface area contributed by atoms with E-state index in [-0.39, 0.29) is 17.1 Å². The van der Waals surface area contributed by atoms with E-state index in [1.165, 1.54) is 30.6 Å². The van der Waals surface area contributed by atoms with Crippen LogP contribution in [0.3, 0.4) is 0 Å². The minimum atomic E-state index is -0.603. The smallest absolute Gasteiger partial charge is 0.296 e. The molecule has 21 heavy (non-hydrogen) atoms. The standard InChI is InChI=1S/C14H9FN4O2/c15-9-3-4-11-10(6-9)12(14(21)17-11)18-19-13(20)8-2-1-5-16-7-8/h1-7,17,21H. The number of hydrogen-bond acceptors (Lipinski definition) is 4. The van der Waals surface area contributed by atoms with Crippen LogP contribution in [0.2, 0.25) is 0 Å². The molecule has 1 aromatic carbocycles. The van der Waals surface area contributed by atoms with E-state index in [0.717, 1.165) is 0 Å². The van der Waals surface area contributed by atoms with E-state index in [0.29, 0.717) is 10.9 Å². The predicted molar refractivity (Wildman–Crippen MR) is 73.0 cm³/mol. The molecule has 0 saturated carbocycles. The number of hydrogen-bond donors (Lipinski definition) is 2. The number of carbonyl (C=O) groups is 1. The molecule has 0 fully saturated rings. The lowest BCUT2D eigenvalue weighted by Crippen LogP contribution is -1.93. The second-order valence-electron chi connectivity index (χ2n) is 4.26. The Morgan fingerprint density at radius 2 is 2.19 bits per heavy atom. The van der Waals surface area contributed by atoms with Crippen molar-refractivity contribution < 1.29 is 14.3 Å². The van der Waals surface area contributed by atoms with Gasteiger partial charge in [0.05, 0.1) is 11.1 Å². The number of pyridine rings is 1. The highest BCUT2D eigenvalue weighted by molar-refractivity contribution is 5.96. The van der Waals surface area contributed by atoms with Crippen molar-refractivity contribution >= 4 is 22.5 Å². The lowest BCUT2D eigenvalue weighted by molar-refractivity contribution is 0.0994. The third kappa shape index (κ3) is 2.48. The molecule has 6 nitrogen and oxygen atoms in total. The fraction of sp³-hybridized carbons (Fsp3) is 0. The fourth-order valence-electron chi connectivity index (χ4n) is 1.88. The average molecular weight is 284 g/mol. The van der Waals surface area contributed by atoms with Crippen LogP contribution in [0.5, 0.6) is 5.88 Å². The molecule has 0 aliphatic carbocycles. The monoisotopic (exact) mass is 284 g/mol. The van der Waals surface area contributed by atoms with Crippen molar-refractivity contribution in [2.75, 3.05) is 0 Å². The summed E-state index contributed by atoms with van der Waals surface area (Å²) < 4.78 is 13.2. The number of aromatic hydroxyl groups is 1. The largest absolute Gasteiger partial charge is 0.493 e. The van der Waals surface area contributed by atoms with Gasteiger partial charge in [-0.1, -0.05) is 0 Å². The van der Waals surface area contributed by atoms with E-state index >= 15 is 0 Å². The third-order valence-corrected chi connectivity index (χ3v) is 2.86. The van der Waals surface area contributed by atoms with Gasteiger partial charge in [0.2, 0.25) is 5.88 Å². The molecule has 7 heteroatoms. The summed E-state index contributed by atoms with van der Waals surface area (Å²) in [6.45, 7) is 0. The molecule has 2 heterocycles. The molecule has 3 aromatic rings. The molecule has 0 atom stereocenters. The van der Waals surface area contributed by atoms with Crippen LogP contribution in [0.1, 0.15) is 10.4 Å². The zero-order valence-corrected chi connectivity index (χ0v) is 10.6. The highest BCUT2D eigenvalue weighted by Crippen LogP contribution is 2.35. The summed E-state index contributed by atoms with van der Waals surface area (Å²) in [5.41, 5.74) is 0.783. The molecular weight excluding hydrogens is 275 g/mol. The maximum atomic E-state index is 13.2. The van der Waals surface area contributed by atoms with E-state index in [1.54, 1.807) is 12.1 Å². The first-order valence-electron chi connectivity index (χ1n) is 6.01. The molecule has 0 radical (unpaired) electrons. The van der Waals surface area contributed by atoms with Crippen molar-refractivity contribution in [3.8, 4) is 5.88 Å². The second-order valence-corrected chi connectivity index (χ2v) is 4.26. The molecule has 2 aromatic heterocycles. The van der Waals surface area contributed by atoms with Gasteiger partial charge in [0.1, 0.15) is 5.82 Å². The van der Waals surface area contributed by atoms with Gasteiger partial charge in [0, 0.05) is 17.8 Å². The van der Waals surface area contributed by atoms with Crippen molar-refractivity contribution in [3.05, 3.63) is 54.1 Å². The summed E-state index contributed by atoms with van der Waals surface area (Å²) in [5.74, 6) is -1.36. The van der Waals surface area contributed by atoms with Crippen molar-refractivity contribution in [1.29, 1.82) is 0 Å². The van der Waals surface area contributed by atoms with Gasteiger partial charge in [0.25, 0.3) is 5.91 Å². The Morgan fingerprint density at radius 3 is 2.95 bits per heavy atom.